The Morgan fingerprint density at radius 3 is 2.35 bits per heavy atom. The van der Waals surface area contributed by atoms with Gasteiger partial charge >= 0.3 is 0 Å². The maximum atomic E-state index is 6.00. The van der Waals surface area contributed by atoms with Crippen molar-refractivity contribution >= 4 is 11.6 Å². The Morgan fingerprint density at radius 2 is 1.75 bits per heavy atom. The molecule has 104 valence electrons. The molecule has 0 aliphatic heterocycles. The van der Waals surface area contributed by atoms with Crippen LogP contribution >= 0.6 is 0 Å². The number of guanidine groups is 1. The summed E-state index contributed by atoms with van der Waals surface area (Å²) in [7, 11) is 3.58. The third-order valence-electron chi connectivity index (χ3n) is 2.97. The van der Waals surface area contributed by atoms with Gasteiger partial charge < -0.3 is 15.4 Å². The molecule has 4 nitrogen and oxygen atoms in total. The van der Waals surface area contributed by atoms with Crippen LogP contribution in [0, 0.1) is 0 Å². The smallest absolute Gasteiger partial charge is 0.196 e. The van der Waals surface area contributed by atoms with E-state index in [0.717, 1.165) is 17.0 Å². The second-order valence-corrected chi connectivity index (χ2v) is 4.51. The quantitative estimate of drug-likeness (QED) is 0.686. The number of rotatable bonds is 4. The highest BCUT2D eigenvalue weighted by Crippen LogP contribution is 2.13. The maximum Gasteiger partial charge on any atom is 0.196 e. The summed E-state index contributed by atoms with van der Waals surface area (Å²) in [5, 5.41) is 0. The molecule has 0 heterocycles. The van der Waals surface area contributed by atoms with E-state index in [0.29, 0.717) is 12.5 Å². The SMILES string of the molecule is COc1ccc(CN(C)C(N)=Nc2ccccc2)cc1. The fraction of sp³-hybridized carbons (Fsp3) is 0.188. The molecule has 0 bridgehead atoms. The molecule has 0 saturated carbocycles. The average molecular weight is 269 g/mol. The molecule has 2 aromatic rings. The van der Waals surface area contributed by atoms with Gasteiger partial charge in [-0.05, 0) is 29.8 Å². The molecule has 2 aromatic carbocycles. The lowest BCUT2D eigenvalue weighted by molar-refractivity contribution is 0.414. The van der Waals surface area contributed by atoms with Crippen molar-refractivity contribution in [2.75, 3.05) is 14.2 Å². The summed E-state index contributed by atoms with van der Waals surface area (Å²) in [6, 6.07) is 17.6. The Bertz CT molecular complexity index is 564. The van der Waals surface area contributed by atoms with Crippen LogP contribution in [0.5, 0.6) is 5.75 Å². The lowest BCUT2D eigenvalue weighted by Crippen LogP contribution is -2.33. The Hall–Kier alpha value is -2.49. The first-order chi connectivity index (χ1) is 9.69. The minimum atomic E-state index is 0.493. The van der Waals surface area contributed by atoms with Crippen molar-refractivity contribution in [2.45, 2.75) is 6.54 Å². The van der Waals surface area contributed by atoms with E-state index < -0.39 is 0 Å². The highest BCUT2D eigenvalue weighted by Gasteiger charge is 2.03. The van der Waals surface area contributed by atoms with Crippen molar-refractivity contribution in [1.82, 2.24) is 4.90 Å². The van der Waals surface area contributed by atoms with Crippen LogP contribution in [-0.2, 0) is 6.54 Å². The van der Waals surface area contributed by atoms with E-state index >= 15 is 0 Å². The molecule has 0 radical (unpaired) electrons. The van der Waals surface area contributed by atoms with E-state index in [-0.39, 0.29) is 0 Å². The lowest BCUT2D eigenvalue weighted by Gasteiger charge is -2.18. The van der Waals surface area contributed by atoms with Crippen molar-refractivity contribution in [3.8, 4) is 5.75 Å². The molecule has 4 heteroatoms. The fourth-order valence-electron chi connectivity index (χ4n) is 1.81. The van der Waals surface area contributed by atoms with Gasteiger partial charge in [0, 0.05) is 13.6 Å². The van der Waals surface area contributed by atoms with Crippen LogP contribution in [0.1, 0.15) is 5.56 Å². The average Bonchev–Trinajstić information content (AvgIpc) is 2.49. The topological polar surface area (TPSA) is 50.9 Å². The van der Waals surface area contributed by atoms with E-state index in [1.165, 1.54) is 0 Å². The van der Waals surface area contributed by atoms with Crippen molar-refractivity contribution in [2.24, 2.45) is 10.7 Å². The third kappa shape index (κ3) is 3.75. The number of nitrogens with two attached hydrogens (primary N) is 1. The van der Waals surface area contributed by atoms with Gasteiger partial charge in [-0.2, -0.15) is 0 Å². The molecule has 0 amide bonds. The molecule has 0 unspecified atom stereocenters. The van der Waals surface area contributed by atoms with Crippen LogP contribution in [0.15, 0.2) is 59.6 Å². The monoisotopic (exact) mass is 269 g/mol. The van der Waals surface area contributed by atoms with E-state index in [2.05, 4.69) is 4.99 Å². The Labute approximate surface area is 119 Å². The van der Waals surface area contributed by atoms with Gasteiger partial charge in [0.15, 0.2) is 5.96 Å². The Balaban J connectivity index is 2.03. The van der Waals surface area contributed by atoms with Crippen LogP contribution in [0.3, 0.4) is 0 Å². The van der Waals surface area contributed by atoms with Crippen LogP contribution in [0.2, 0.25) is 0 Å². The molecule has 0 atom stereocenters. The second-order valence-electron chi connectivity index (χ2n) is 4.51. The molecule has 20 heavy (non-hydrogen) atoms. The molecule has 0 aliphatic rings. The van der Waals surface area contributed by atoms with Crippen LogP contribution in [-0.4, -0.2) is 25.0 Å². The zero-order chi connectivity index (χ0) is 14.4. The highest BCUT2D eigenvalue weighted by molar-refractivity contribution is 5.80. The van der Waals surface area contributed by atoms with Gasteiger partial charge in [-0.15, -0.1) is 0 Å². The molecule has 2 N–H and O–H groups in total. The summed E-state index contributed by atoms with van der Waals surface area (Å²) in [6.07, 6.45) is 0. The standard InChI is InChI=1S/C16H19N3O/c1-19(12-13-8-10-15(20-2)11-9-13)16(17)18-14-6-4-3-5-7-14/h3-11H,12H2,1-2H3,(H2,17,18). The first kappa shape index (κ1) is 13.9. The van der Waals surface area contributed by atoms with Crippen LogP contribution in [0.4, 0.5) is 5.69 Å². The van der Waals surface area contributed by atoms with Crippen molar-refractivity contribution in [3.05, 3.63) is 60.2 Å². The van der Waals surface area contributed by atoms with Gasteiger partial charge in [-0.1, -0.05) is 30.3 Å². The zero-order valence-corrected chi connectivity index (χ0v) is 11.8. The normalized spacial score (nSPS) is 11.2. The minimum Gasteiger partial charge on any atom is -0.497 e. The number of hydrogen-bond donors (Lipinski definition) is 1. The number of nitrogens with zero attached hydrogens (tertiary/aromatic N) is 2. The van der Waals surface area contributed by atoms with E-state index in [1.807, 2.05) is 66.5 Å². The first-order valence-corrected chi connectivity index (χ1v) is 6.42. The van der Waals surface area contributed by atoms with Gasteiger partial charge in [0.05, 0.1) is 12.8 Å². The molecule has 0 saturated heterocycles. The maximum absolute atomic E-state index is 6.00. The van der Waals surface area contributed by atoms with Gasteiger partial charge in [-0.3, -0.25) is 0 Å². The number of hydrogen-bond acceptors (Lipinski definition) is 2. The molecule has 0 fully saturated rings. The van der Waals surface area contributed by atoms with Crippen molar-refractivity contribution < 1.29 is 4.74 Å². The lowest BCUT2D eigenvalue weighted by atomic mass is 10.2. The molecule has 2 rings (SSSR count). The fourth-order valence-corrected chi connectivity index (χ4v) is 1.81. The predicted molar refractivity (Wildman–Crippen MR) is 82.2 cm³/mol. The summed E-state index contributed by atoms with van der Waals surface area (Å²) in [4.78, 5) is 6.30. The number of methoxy groups -OCH3 is 1. The zero-order valence-electron chi connectivity index (χ0n) is 11.8. The van der Waals surface area contributed by atoms with Gasteiger partial charge in [-0.25, -0.2) is 4.99 Å². The van der Waals surface area contributed by atoms with E-state index in [9.17, 15) is 0 Å². The molecule has 0 spiro atoms. The Morgan fingerprint density at radius 1 is 1.10 bits per heavy atom. The summed E-state index contributed by atoms with van der Waals surface area (Å²) >= 11 is 0. The van der Waals surface area contributed by atoms with Gasteiger partial charge in [0.25, 0.3) is 0 Å². The highest BCUT2D eigenvalue weighted by atomic mass is 16.5. The van der Waals surface area contributed by atoms with Gasteiger partial charge in [0.1, 0.15) is 5.75 Å². The first-order valence-electron chi connectivity index (χ1n) is 6.42. The number of benzene rings is 2. The summed E-state index contributed by atoms with van der Waals surface area (Å²) in [5.41, 5.74) is 8.01. The van der Waals surface area contributed by atoms with Crippen LogP contribution in [0.25, 0.3) is 0 Å². The van der Waals surface area contributed by atoms with Crippen molar-refractivity contribution in [1.29, 1.82) is 0 Å². The number of para-hydroxylation sites is 1. The molecular formula is C16H19N3O. The number of ether oxygens (including phenoxy) is 1. The molecule has 0 aliphatic carbocycles. The minimum absolute atomic E-state index is 0.493. The molecule has 0 aromatic heterocycles. The third-order valence-corrected chi connectivity index (χ3v) is 2.97. The Kier molecular flexibility index (Phi) is 4.60. The van der Waals surface area contributed by atoms with Gasteiger partial charge in [0.2, 0.25) is 0 Å². The van der Waals surface area contributed by atoms with Crippen LogP contribution < -0.4 is 10.5 Å². The molecular weight excluding hydrogens is 250 g/mol. The van der Waals surface area contributed by atoms with Crippen molar-refractivity contribution in [3.63, 3.8) is 0 Å². The largest absolute Gasteiger partial charge is 0.497 e. The summed E-state index contributed by atoms with van der Waals surface area (Å²) < 4.78 is 5.14. The summed E-state index contributed by atoms with van der Waals surface area (Å²) in [5.74, 6) is 1.34. The number of aliphatic imine (C=N–C) groups is 1. The summed E-state index contributed by atoms with van der Waals surface area (Å²) in [6.45, 7) is 0.701. The van der Waals surface area contributed by atoms with E-state index in [4.69, 9.17) is 10.5 Å². The van der Waals surface area contributed by atoms with E-state index in [1.54, 1.807) is 7.11 Å². The predicted octanol–water partition coefficient (Wildman–Crippen LogP) is 2.77. The second kappa shape index (κ2) is 6.61.